The quantitative estimate of drug-likeness (QED) is 0.391. The van der Waals surface area contributed by atoms with Crippen molar-refractivity contribution in [3.8, 4) is 11.5 Å². The van der Waals surface area contributed by atoms with Crippen LogP contribution in [0.3, 0.4) is 0 Å². The van der Waals surface area contributed by atoms with Gasteiger partial charge in [-0.2, -0.15) is 13.2 Å². The third-order valence-electron chi connectivity index (χ3n) is 3.39. The molecule has 6 nitrogen and oxygen atoms in total. The monoisotopic (exact) mass is 403 g/mol. The lowest BCUT2D eigenvalue weighted by Gasteiger charge is -2.08. The number of aromatic nitrogens is 3. The van der Waals surface area contributed by atoms with Crippen LogP contribution in [0.4, 0.5) is 13.2 Å². The van der Waals surface area contributed by atoms with Crippen molar-refractivity contribution in [1.29, 1.82) is 0 Å². The number of hydrogen-bond acceptors (Lipinski definition) is 6. The highest BCUT2D eigenvalue weighted by molar-refractivity contribution is 7.99. The number of pyridine rings is 1. The zero-order chi connectivity index (χ0) is 19.1. The molecule has 0 aliphatic heterocycles. The van der Waals surface area contributed by atoms with Crippen molar-refractivity contribution in [2.75, 3.05) is 5.75 Å². The van der Waals surface area contributed by atoms with E-state index in [0.29, 0.717) is 0 Å². The fourth-order valence-corrected chi connectivity index (χ4v) is 3.15. The van der Waals surface area contributed by atoms with Crippen molar-refractivity contribution in [2.45, 2.75) is 11.3 Å². The molecule has 3 aromatic rings. The van der Waals surface area contributed by atoms with Crippen molar-refractivity contribution in [3.63, 3.8) is 0 Å². The predicted molar refractivity (Wildman–Crippen MR) is 87.8 cm³/mol. The summed E-state index contributed by atoms with van der Waals surface area (Å²) in [6.45, 7) is 0. The molecule has 0 amide bonds. The molecule has 0 saturated heterocycles. The number of benzene rings is 1. The number of carbonyl (C=O) groups excluding carboxylic acids is 1. The molecule has 2 N–H and O–H groups in total. The SMILES string of the molecule is O=C(CSc1nnc2c(Cl)cc(C(F)(F)F)cn12)c1ccc(O)c(O)c1. The van der Waals surface area contributed by atoms with Gasteiger partial charge >= 0.3 is 6.18 Å². The highest BCUT2D eigenvalue weighted by Crippen LogP contribution is 2.33. The Bertz CT molecular complexity index is 1010. The molecule has 11 heteroatoms. The molecular formula is C15H9ClF3N3O3S. The molecule has 2 heterocycles. The van der Waals surface area contributed by atoms with Gasteiger partial charge in [0.1, 0.15) is 0 Å². The fraction of sp³-hybridized carbons (Fsp3) is 0.133. The second-order valence-corrected chi connectivity index (χ2v) is 6.52. The first kappa shape index (κ1) is 18.3. The van der Waals surface area contributed by atoms with Crippen LogP contribution >= 0.6 is 23.4 Å². The minimum atomic E-state index is -4.59. The van der Waals surface area contributed by atoms with Gasteiger partial charge in [-0.1, -0.05) is 23.4 Å². The van der Waals surface area contributed by atoms with Crippen LogP contribution in [0.5, 0.6) is 11.5 Å². The average Bonchev–Trinajstić information content (AvgIpc) is 2.98. The van der Waals surface area contributed by atoms with Crippen LogP contribution in [-0.2, 0) is 6.18 Å². The summed E-state index contributed by atoms with van der Waals surface area (Å²) in [6.07, 6.45) is -3.79. The smallest absolute Gasteiger partial charge is 0.417 e. The van der Waals surface area contributed by atoms with E-state index >= 15 is 0 Å². The number of Topliss-reactive ketones (excluding diaryl/α,β-unsaturated/α-hetero) is 1. The minimum Gasteiger partial charge on any atom is -0.504 e. The predicted octanol–water partition coefficient (Wildman–Crippen LogP) is 3.79. The Balaban J connectivity index is 1.86. The normalized spacial score (nSPS) is 11.8. The maximum atomic E-state index is 12.9. The maximum absolute atomic E-state index is 12.9. The van der Waals surface area contributed by atoms with E-state index in [0.717, 1.165) is 40.6 Å². The zero-order valence-corrected chi connectivity index (χ0v) is 14.2. The van der Waals surface area contributed by atoms with Crippen LogP contribution in [0.25, 0.3) is 5.65 Å². The molecule has 0 aliphatic carbocycles. The average molecular weight is 404 g/mol. The number of rotatable bonds is 4. The summed E-state index contributed by atoms with van der Waals surface area (Å²) in [5.74, 6) is -1.40. The van der Waals surface area contributed by atoms with Gasteiger partial charge in [-0.15, -0.1) is 10.2 Å². The van der Waals surface area contributed by atoms with Gasteiger partial charge in [-0.25, -0.2) is 0 Å². The van der Waals surface area contributed by atoms with Crippen molar-refractivity contribution in [2.24, 2.45) is 0 Å². The van der Waals surface area contributed by atoms with Gasteiger partial charge in [-0.3, -0.25) is 9.20 Å². The first-order valence-corrected chi connectivity index (χ1v) is 8.32. The summed E-state index contributed by atoms with van der Waals surface area (Å²) >= 11 is 6.69. The van der Waals surface area contributed by atoms with Gasteiger partial charge in [0.25, 0.3) is 0 Å². The number of hydrogen-bond donors (Lipinski definition) is 2. The molecule has 0 bridgehead atoms. The van der Waals surface area contributed by atoms with E-state index in [4.69, 9.17) is 11.6 Å². The highest BCUT2D eigenvalue weighted by atomic mass is 35.5. The molecule has 0 radical (unpaired) electrons. The van der Waals surface area contributed by atoms with Gasteiger partial charge in [0, 0.05) is 11.8 Å². The number of thioether (sulfide) groups is 1. The lowest BCUT2D eigenvalue weighted by Crippen LogP contribution is -2.07. The third-order valence-corrected chi connectivity index (χ3v) is 4.61. The van der Waals surface area contributed by atoms with E-state index in [2.05, 4.69) is 10.2 Å². The topological polar surface area (TPSA) is 87.7 Å². The molecule has 136 valence electrons. The number of phenolic OH excluding ortho intramolecular Hbond substituents is 2. The summed E-state index contributed by atoms with van der Waals surface area (Å²) in [6, 6.07) is 4.33. The third kappa shape index (κ3) is 3.56. The van der Waals surface area contributed by atoms with E-state index in [9.17, 15) is 28.2 Å². The molecule has 2 aromatic heterocycles. The summed E-state index contributed by atoms with van der Waals surface area (Å²) in [5, 5.41) is 26.0. The maximum Gasteiger partial charge on any atom is 0.417 e. The molecule has 1 aromatic carbocycles. The van der Waals surface area contributed by atoms with Crippen LogP contribution in [0, 0.1) is 0 Å². The van der Waals surface area contributed by atoms with E-state index in [1.54, 1.807) is 0 Å². The van der Waals surface area contributed by atoms with Gasteiger partial charge in [-0.05, 0) is 24.3 Å². The minimum absolute atomic E-state index is 0.0388. The van der Waals surface area contributed by atoms with E-state index in [1.165, 1.54) is 6.07 Å². The Morgan fingerprint density at radius 1 is 1.19 bits per heavy atom. The lowest BCUT2D eigenvalue weighted by molar-refractivity contribution is -0.137. The number of fused-ring (bicyclic) bond motifs is 1. The zero-order valence-electron chi connectivity index (χ0n) is 12.7. The first-order valence-electron chi connectivity index (χ1n) is 6.96. The summed E-state index contributed by atoms with van der Waals surface area (Å²) in [7, 11) is 0. The molecule has 0 unspecified atom stereocenters. The van der Waals surface area contributed by atoms with Gasteiger partial charge in [0.05, 0.1) is 16.3 Å². The fourth-order valence-electron chi connectivity index (χ4n) is 2.10. The number of phenols is 2. The first-order chi connectivity index (χ1) is 12.2. The molecule has 26 heavy (non-hydrogen) atoms. The second-order valence-electron chi connectivity index (χ2n) is 5.17. The Hall–Kier alpha value is -2.46. The number of nitrogens with zero attached hydrogens (tertiary/aromatic N) is 3. The number of alkyl halides is 3. The van der Waals surface area contributed by atoms with Crippen LogP contribution in [0.15, 0.2) is 35.6 Å². The van der Waals surface area contributed by atoms with Crippen molar-refractivity contribution < 1.29 is 28.2 Å². The molecular weight excluding hydrogens is 395 g/mol. The summed E-state index contributed by atoms with van der Waals surface area (Å²) in [4.78, 5) is 12.2. The van der Waals surface area contributed by atoms with Gasteiger partial charge in [0.2, 0.25) is 0 Å². The molecule has 0 fully saturated rings. The summed E-state index contributed by atoms with van der Waals surface area (Å²) < 4.78 is 39.8. The number of halogens is 4. The van der Waals surface area contributed by atoms with Gasteiger partial charge in [0.15, 0.2) is 28.1 Å². The van der Waals surface area contributed by atoms with Crippen molar-refractivity contribution in [3.05, 3.63) is 46.6 Å². The van der Waals surface area contributed by atoms with Crippen LogP contribution in [0.2, 0.25) is 5.02 Å². The van der Waals surface area contributed by atoms with E-state index < -0.39 is 23.3 Å². The number of ketones is 1. The standard InChI is InChI=1S/C15H9ClF3N3O3S/c16-9-4-8(15(17,18)19)5-22-13(9)20-21-14(22)26-6-12(25)7-1-2-10(23)11(24)3-7/h1-5,23-24H,6H2. The second kappa shape index (κ2) is 6.69. The largest absolute Gasteiger partial charge is 0.504 e. The van der Waals surface area contributed by atoms with E-state index in [-0.39, 0.29) is 32.9 Å². The molecule has 0 atom stereocenters. The van der Waals surface area contributed by atoms with Crippen LogP contribution in [0.1, 0.15) is 15.9 Å². The van der Waals surface area contributed by atoms with Gasteiger partial charge < -0.3 is 10.2 Å². The Morgan fingerprint density at radius 2 is 1.92 bits per heavy atom. The van der Waals surface area contributed by atoms with E-state index in [1.807, 2.05) is 0 Å². The molecule has 0 saturated carbocycles. The molecule has 3 rings (SSSR count). The number of carbonyl (C=O) groups is 1. The summed E-state index contributed by atoms with van der Waals surface area (Å²) in [5.41, 5.74) is -0.793. The molecule has 0 aliphatic rings. The van der Waals surface area contributed by atoms with Crippen LogP contribution in [-0.4, -0.2) is 36.3 Å². The Labute approximate surface area is 153 Å². The van der Waals surface area contributed by atoms with Crippen LogP contribution < -0.4 is 0 Å². The molecule has 0 spiro atoms. The highest BCUT2D eigenvalue weighted by Gasteiger charge is 2.32. The Morgan fingerprint density at radius 3 is 2.58 bits per heavy atom. The lowest BCUT2D eigenvalue weighted by atomic mass is 10.1. The number of aromatic hydroxyl groups is 2. The Kier molecular flexibility index (Phi) is 4.72. The van der Waals surface area contributed by atoms with Crippen molar-refractivity contribution in [1.82, 2.24) is 14.6 Å². The van der Waals surface area contributed by atoms with Crippen molar-refractivity contribution >= 4 is 34.8 Å².